The summed E-state index contributed by atoms with van der Waals surface area (Å²) in [5.74, 6) is -4.98. The van der Waals surface area contributed by atoms with Gasteiger partial charge in [0.05, 0.1) is 36.1 Å². The summed E-state index contributed by atoms with van der Waals surface area (Å²) in [6.45, 7) is 5.03. The zero-order valence-electron chi connectivity index (χ0n) is 52.9. The molecule has 4 aliphatic heterocycles. The van der Waals surface area contributed by atoms with Crippen LogP contribution in [-0.2, 0) is 38.9 Å². The van der Waals surface area contributed by atoms with Gasteiger partial charge >= 0.3 is 65.1 Å². The molecule has 0 amide bonds. The van der Waals surface area contributed by atoms with Crippen molar-refractivity contribution in [3.8, 4) is 11.5 Å². The van der Waals surface area contributed by atoms with Gasteiger partial charge in [-0.1, -0.05) is 63.1 Å². The molecule has 4 aliphatic carbocycles. The number of morpholine rings is 1. The van der Waals surface area contributed by atoms with Crippen LogP contribution >= 0.6 is 22.7 Å². The summed E-state index contributed by atoms with van der Waals surface area (Å²) in [6, 6.07) is 18.1. The van der Waals surface area contributed by atoms with E-state index >= 15 is 0 Å². The van der Waals surface area contributed by atoms with E-state index < -0.39 is 88.1 Å². The van der Waals surface area contributed by atoms with Gasteiger partial charge in [0, 0.05) is 41.7 Å². The first-order valence-electron chi connectivity index (χ1n) is 30.5. The Hall–Kier alpha value is -4.75. The van der Waals surface area contributed by atoms with Crippen molar-refractivity contribution in [2.75, 3.05) is 33.9 Å². The number of epoxide rings is 1. The maximum atomic E-state index is 13.2. The van der Waals surface area contributed by atoms with Gasteiger partial charge < -0.3 is 98.9 Å². The molecular weight excluding hydrogens is 1340 g/mol. The molecule has 22 nitrogen and oxygen atoms in total. The molecule has 490 valence electrons. The van der Waals surface area contributed by atoms with Crippen molar-refractivity contribution < 1.29 is 172 Å². The van der Waals surface area contributed by atoms with Crippen molar-refractivity contribution >= 4 is 74.1 Å². The van der Waals surface area contributed by atoms with E-state index in [1.54, 1.807) is 24.3 Å². The van der Waals surface area contributed by atoms with E-state index in [0.717, 1.165) is 54.3 Å². The second kappa shape index (κ2) is 28.6. The van der Waals surface area contributed by atoms with E-state index in [-0.39, 0.29) is 164 Å². The van der Waals surface area contributed by atoms with Crippen LogP contribution in [0.1, 0.15) is 103 Å². The predicted octanol–water partition coefficient (Wildman–Crippen LogP) is -4.48. The molecule has 14 atom stereocenters. The number of piperidine rings is 1. The number of hydrogen-bond acceptors (Lipinski definition) is 23. The number of halogens is 1. The number of benzene rings is 2. The standard InChI is InChI=1S/C25H34O6.C23H16O11.C19H22NO4S2.BrH.2Na/c1-4-5-21-30-20-11-17-16-7-6-14-10-15(27)8-9-23(14,2)22(16)18(28)12-24(17,3)25(20,31-21)19(29)13-26;24-11(9-31-14-3-1-5-16-20(14)12(25)7-18(33-16)22(27)28)10-32-15-4-2-6-17-21(15)13(26)8-19(34-17)23(29)30;1-20(2)12-9-11(10-13(20)17-16(12)24-17)23-18(21)19(22,14-5-3-7-25-14)15-6-4-8-26-15;;;/h8-10,16-18,20-22,26,28H,4-7,11-13H2,1-3H3;1-8,11,24H,9-10H2,(H,27,28)(H,29,30);3-8,11-13,16-17,22H,9-10H2,1-2H3;1H;;/q;;+1;;2*+1/p-3/t16-,17-,18-,20+,21?,22+,23-,24-,25+;;11?,12-,13+,16-,17+;;;/m0...../s1. The molecule has 4 saturated heterocycles. The molecule has 27 heteroatoms. The van der Waals surface area contributed by atoms with Crippen LogP contribution in [0.15, 0.2) is 126 Å². The molecule has 94 heavy (non-hydrogen) atoms. The summed E-state index contributed by atoms with van der Waals surface area (Å²) >= 11 is 2.74. The topological polar surface area (TPSA) is 331 Å². The number of allylic oxidation sites excluding steroid dienone is 4. The monoisotopic (exact) mass is 1410 g/mol. The summed E-state index contributed by atoms with van der Waals surface area (Å²) in [5, 5.41) is 68.6. The number of rotatable bonds is 16. The molecule has 14 rings (SSSR count). The van der Waals surface area contributed by atoms with Crippen LogP contribution in [-0.4, -0.2) is 149 Å². The number of nitrogens with zero attached hydrogens (tertiary/aromatic N) is 1. The van der Waals surface area contributed by atoms with Crippen LogP contribution in [0.5, 0.6) is 11.5 Å². The van der Waals surface area contributed by atoms with E-state index in [0.29, 0.717) is 53.3 Å². The van der Waals surface area contributed by atoms with Gasteiger partial charge in [0.25, 0.3) is 0 Å². The first-order chi connectivity index (χ1) is 43.4. The largest absolute Gasteiger partial charge is 1.00 e. The number of aliphatic hydroxyl groups excluding tert-OH is 3. The minimum atomic E-state index is -1.72. The van der Waals surface area contributed by atoms with Crippen LogP contribution in [0.2, 0.25) is 0 Å². The summed E-state index contributed by atoms with van der Waals surface area (Å²) in [4.78, 5) is 86.1. The van der Waals surface area contributed by atoms with Crippen molar-refractivity contribution in [3.05, 3.63) is 149 Å². The van der Waals surface area contributed by atoms with Gasteiger partial charge in [0.1, 0.15) is 102 Å². The fourth-order valence-electron chi connectivity index (χ4n) is 16.2. The predicted molar refractivity (Wildman–Crippen MR) is 323 cm³/mol. The maximum absolute atomic E-state index is 13.2. The summed E-state index contributed by atoms with van der Waals surface area (Å²) in [5.41, 5.74) is -4.17. The third-order valence-electron chi connectivity index (χ3n) is 20.4. The normalized spacial score (nSPS) is 30.1. The van der Waals surface area contributed by atoms with Gasteiger partial charge in [0.2, 0.25) is 5.60 Å². The van der Waals surface area contributed by atoms with Crippen molar-refractivity contribution in [2.24, 2.45) is 28.6 Å². The number of ether oxygens (including phenoxy) is 6. The molecule has 6 aromatic rings. The summed E-state index contributed by atoms with van der Waals surface area (Å²) in [7, 11) is 4.49. The minimum Gasteiger partial charge on any atom is -1.00 e. The number of carboxylic acids is 2. The smallest absolute Gasteiger partial charge is 1.00 e. The molecule has 4 N–H and O–H groups in total. The van der Waals surface area contributed by atoms with E-state index in [4.69, 9.17) is 37.3 Å². The maximum Gasteiger partial charge on any atom is 1.00 e. The van der Waals surface area contributed by atoms with Gasteiger partial charge in [-0.15, -0.1) is 22.7 Å². The molecule has 8 heterocycles. The second-order valence-corrected chi connectivity index (χ2v) is 27.7. The van der Waals surface area contributed by atoms with Gasteiger partial charge in [0.15, 0.2) is 45.8 Å². The van der Waals surface area contributed by atoms with Crippen molar-refractivity contribution in [2.45, 2.75) is 138 Å². The number of aliphatic hydroxyl groups is 4. The molecule has 2 aromatic carbocycles. The van der Waals surface area contributed by atoms with E-state index in [1.165, 1.54) is 59.1 Å². The van der Waals surface area contributed by atoms with Gasteiger partial charge in [-0.25, -0.2) is 4.79 Å². The number of fused-ring (bicyclic) bond motifs is 14. The third-order valence-corrected chi connectivity index (χ3v) is 22.4. The fourth-order valence-corrected chi connectivity index (χ4v) is 17.9. The van der Waals surface area contributed by atoms with Crippen LogP contribution in [0.4, 0.5) is 0 Å². The van der Waals surface area contributed by atoms with Crippen LogP contribution in [0.3, 0.4) is 0 Å². The Labute approximate surface area is 602 Å². The number of hydrogen-bond donors (Lipinski definition) is 4. The Morgan fingerprint density at radius 2 is 1.36 bits per heavy atom. The van der Waals surface area contributed by atoms with Gasteiger partial charge in [-0.05, 0) is 103 Å². The van der Waals surface area contributed by atoms with Crippen LogP contribution in [0.25, 0.3) is 21.9 Å². The molecule has 7 fully saturated rings. The van der Waals surface area contributed by atoms with Crippen LogP contribution < -0.4 is 107 Å². The average molecular weight is 1420 g/mol. The van der Waals surface area contributed by atoms with Crippen molar-refractivity contribution in [3.63, 3.8) is 0 Å². The number of carbonyl (C=O) groups excluding carboxylic acids is 5. The molecule has 2 bridgehead atoms. The summed E-state index contributed by atoms with van der Waals surface area (Å²) in [6.07, 6.45) is 9.15. The number of thiophene rings is 2. The number of esters is 1. The number of likely N-dealkylation sites (N-methyl/N-ethyl adjacent to an activating group) is 1. The van der Waals surface area contributed by atoms with Crippen molar-refractivity contribution in [1.82, 2.24) is 0 Å². The Kier molecular flexibility index (Phi) is 22.4. The third kappa shape index (κ3) is 12.9. The quantitative estimate of drug-likeness (QED) is 0.0307. The van der Waals surface area contributed by atoms with E-state index in [2.05, 4.69) is 34.9 Å². The molecule has 0 radical (unpaired) electrons. The second-order valence-electron chi connectivity index (χ2n) is 25.8. The van der Waals surface area contributed by atoms with Gasteiger partial charge in [-0.2, -0.15) is 0 Å². The number of quaternary nitrogens is 1. The van der Waals surface area contributed by atoms with E-state index in [1.807, 2.05) is 29.0 Å². The Bertz CT molecular complexity index is 3850. The zero-order valence-corrected chi connectivity index (χ0v) is 60.1. The number of carboxylic acid groups (broad SMARTS) is 2. The zero-order chi connectivity index (χ0) is 64.7. The number of ketones is 2. The Morgan fingerprint density at radius 3 is 1.86 bits per heavy atom. The SMILES string of the molecule is CCCC1O[C@@H]2C[C@H]3[C@@H]4CCC5=CC(=O)C=C[C@]5(C)[C@H]4[C@@H](O)C[C@]3(C)[C@]2(C(=O)CO)O1.C[N+]1(C)[C@@H]2CC(OC(=O)C(O)(c3cccs3)c3cccs3)C[C@H]1[C@@H]1O[C@@H]12.O=C([O-])c1cc(=O)c2c(OCC(O)COc3cccc4oc(C(=O)[O-])cc(=O)c34)cccc2o1.[Br-].[Na+].[Na+]. The van der Waals surface area contributed by atoms with Crippen molar-refractivity contribution in [1.29, 1.82) is 0 Å². The number of aromatic carboxylic acids is 2. The molecule has 4 aromatic heterocycles. The average Bonchev–Trinajstić information content (AvgIpc) is 1.49. The number of Topliss-reactive ketones (excluding diaryl/α,β-unsaturated/α-hetero) is 1. The fraction of sp³-hybridized carbons (Fsp3) is 0.478. The molecule has 3 saturated carbocycles. The first kappa shape index (κ1) is 73.5. The number of carbonyl (C=O) groups is 5. The first-order valence-corrected chi connectivity index (χ1v) is 32.2. The van der Waals surface area contributed by atoms with E-state index in [9.17, 15) is 64.2 Å². The Morgan fingerprint density at radius 1 is 0.809 bits per heavy atom. The Balaban J connectivity index is 0.000000165. The molecule has 8 aliphatic rings. The molecule has 2 unspecified atom stereocenters. The van der Waals surface area contributed by atoms with Crippen LogP contribution in [0, 0.1) is 28.6 Å². The molecular formula is C67H70BrNNa2O21S2. The minimum absolute atomic E-state index is 0. The van der Waals surface area contributed by atoms with Gasteiger partial charge in [-0.3, -0.25) is 19.2 Å². The molecule has 0 spiro atoms. The summed E-state index contributed by atoms with van der Waals surface area (Å²) < 4.78 is 46.6.